The normalized spacial score (nSPS) is 18.1. The predicted octanol–water partition coefficient (Wildman–Crippen LogP) is 5.96. The number of fused-ring (bicyclic) bond motifs is 1. The summed E-state index contributed by atoms with van der Waals surface area (Å²) in [4.78, 5) is 24.1. The molecule has 2 fully saturated rings. The summed E-state index contributed by atoms with van der Waals surface area (Å²) in [5, 5.41) is 0. The van der Waals surface area contributed by atoms with Crippen LogP contribution in [0, 0.1) is 0 Å². The fraction of sp³-hybridized carbons (Fsp3) is 0.296. The van der Waals surface area contributed by atoms with Gasteiger partial charge in [-0.25, -0.2) is 4.98 Å². The van der Waals surface area contributed by atoms with Crippen LogP contribution in [0.4, 0.5) is 13.2 Å². The molecule has 1 saturated carbocycles. The molecule has 1 aliphatic carbocycles. The van der Waals surface area contributed by atoms with Crippen LogP contribution in [0.15, 0.2) is 67.0 Å². The molecule has 1 amide bonds. The molecule has 0 spiro atoms. The number of nitrogens with zero attached hydrogens (tertiary/aromatic N) is 4. The largest absolute Gasteiger partial charge is 0.573 e. The van der Waals surface area contributed by atoms with Crippen LogP contribution in [0.3, 0.4) is 0 Å². The van der Waals surface area contributed by atoms with E-state index in [1.807, 2.05) is 35.4 Å². The van der Waals surface area contributed by atoms with Crippen molar-refractivity contribution in [3.63, 3.8) is 0 Å². The molecule has 1 unspecified atom stereocenters. The quantitative estimate of drug-likeness (QED) is 0.345. The summed E-state index contributed by atoms with van der Waals surface area (Å²) in [5.74, 6) is 0.495. The van der Waals surface area contributed by atoms with Crippen molar-refractivity contribution in [2.24, 2.45) is 0 Å². The minimum atomic E-state index is -4.77. The monoisotopic (exact) mass is 492 g/mol. The molecule has 1 atom stereocenters. The molecule has 2 aromatic carbocycles. The van der Waals surface area contributed by atoms with E-state index in [2.05, 4.69) is 14.3 Å². The van der Waals surface area contributed by atoms with E-state index in [4.69, 9.17) is 4.98 Å². The molecular weight excluding hydrogens is 469 g/mol. The Bertz CT molecular complexity index is 1430. The summed E-state index contributed by atoms with van der Waals surface area (Å²) in [5.41, 5.74) is 3.73. The lowest BCUT2D eigenvalue weighted by Gasteiger charge is -2.17. The van der Waals surface area contributed by atoms with Crippen molar-refractivity contribution >= 4 is 16.9 Å². The first-order valence-corrected chi connectivity index (χ1v) is 11.9. The van der Waals surface area contributed by atoms with Crippen LogP contribution in [0.1, 0.15) is 47.1 Å². The number of hydrogen-bond acceptors (Lipinski definition) is 4. The van der Waals surface area contributed by atoms with E-state index in [1.165, 1.54) is 18.2 Å². The lowest BCUT2D eigenvalue weighted by molar-refractivity contribution is -0.274. The second-order valence-electron chi connectivity index (χ2n) is 9.34. The number of halogens is 3. The van der Waals surface area contributed by atoms with Crippen molar-refractivity contribution in [3.8, 4) is 17.1 Å². The number of hydrogen-bond donors (Lipinski definition) is 0. The molecule has 2 aromatic heterocycles. The molecule has 1 saturated heterocycles. The fourth-order valence-electron chi connectivity index (χ4n) is 4.99. The Balaban J connectivity index is 1.30. The van der Waals surface area contributed by atoms with Gasteiger partial charge in [-0.2, -0.15) is 0 Å². The number of pyridine rings is 1. The Kier molecular flexibility index (Phi) is 5.43. The number of ether oxygens (including phenoxy) is 1. The molecule has 4 aromatic rings. The van der Waals surface area contributed by atoms with E-state index >= 15 is 0 Å². The van der Waals surface area contributed by atoms with Gasteiger partial charge in [-0.05, 0) is 61.2 Å². The Morgan fingerprint density at radius 2 is 1.89 bits per heavy atom. The second-order valence-corrected chi connectivity index (χ2v) is 9.34. The number of rotatable bonds is 5. The first-order chi connectivity index (χ1) is 17.4. The van der Waals surface area contributed by atoms with Crippen molar-refractivity contribution in [2.75, 3.05) is 13.1 Å². The molecule has 6 rings (SSSR count). The Morgan fingerprint density at radius 1 is 1.03 bits per heavy atom. The lowest BCUT2D eigenvalue weighted by atomic mass is 10.0. The summed E-state index contributed by atoms with van der Waals surface area (Å²) >= 11 is 0. The van der Waals surface area contributed by atoms with E-state index in [9.17, 15) is 18.0 Å². The minimum absolute atomic E-state index is 0.0496. The number of amides is 1. The molecule has 6 nitrogen and oxygen atoms in total. The number of benzene rings is 2. The van der Waals surface area contributed by atoms with Gasteiger partial charge in [0.1, 0.15) is 11.6 Å². The maximum absolute atomic E-state index is 13.3. The smallest absolute Gasteiger partial charge is 0.406 e. The van der Waals surface area contributed by atoms with Gasteiger partial charge in [0.15, 0.2) is 0 Å². The summed E-state index contributed by atoms with van der Waals surface area (Å²) in [7, 11) is 0. The highest BCUT2D eigenvalue weighted by molar-refractivity contribution is 5.98. The molecule has 2 aliphatic rings. The zero-order valence-corrected chi connectivity index (χ0v) is 19.3. The maximum Gasteiger partial charge on any atom is 0.573 e. The van der Waals surface area contributed by atoms with Crippen LogP contribution in [0.2, 0.25) is 0 Å². The molecule has 3 heterocycles. The van der Waals surface area contributed by atoms with Gasteiger partial charge in [0.2, 0.25) is 0 Å². The molecular formula is C27H23F3N4O2. The van der Waals surface area contributed by atoms with Crippen LogP contribution in [-0.2, 0) is 0 Å². The van der Waals surface area contributed by atoms with E-state index in [0.717, 1.165) is 30.3 Å². The average Bonchev–Trinajstić information content (AvgIpc) is 3.44. The van der Waals surface area contributed by atoms with E-state index in [0.29, 0.717) is 35.6 Å². The van der Waals surface area contributed by atoms with Crippen LogP contribution >= 0.6 is 0 Å². The van der Waals surface area contributed by atoms with E-state index in [-0.39, 0.29) is 23.6 Å². The summed E-state index contributed by atoms with van der Waals surface area (Å²) < 4.78 is 44.4. The van der Waals surface area contributed by atoms with Gasteiger partial charge >= 0.3 is 6.36 Å². The van der Waals surface area contributed by atoms with Crippen LogP contribution in [-0.4, -0.2) is 44.8 Å². The van der Waals surface area contributed by atoms with Crippen molar-refractivity contribution < 1.29 is 22.7 Å². The number of alkyl halides is 3. The molecule has 1 aliphatic heterocycles. The zero-order chi connectivity index (χ0) is 24.9. The third-order valence-electron chi connectivity index (χ3n) is 6.81. The molecule has 0 radical (unpaired) electrons. The van der Waals surface area contributed by atoms with Gasteiger partial charge in [0.05, 0.1) is 11.0 Å². The Hall–Kier alpha value is -3.88. The first kappa shape index (κ1) is 22.6. The molecule has 36 heavy (non-hydrogen) atoms. The van der Waals surface area contributed by atoms with Crippen LogP contribution in [0.25, 0.3) is 22.4 Å². The Morgan fingerprint density at radius 3 is 2.64 bits per heavy atom. The highest BCUT2D eigenvalue weighted by atomic mass is 19.4. The van der Waals surface area contributed by atoms with Gasteiger partial charge < -0.3 is 14.2 Å². The highest BCUT2D eigenvalue weighted by Crippen LogP contribution is 2.42. The van der Waals surface area contributed by atoms with Crippen molar-refractivity contribution in [2.45, 2.75) is 37.6 Å². The SMILES string of the molecule is O=C(c1ccc2c(c1)nc(-c1cccc(OC(F)(F)F)c1)n2C1CC1)N1CCC(c2cccnc2)C1. The van der Waals surface area contributed by atoms with Crippen molar-refractivity contribution in [3.05, 3.63) is 78.1 Å². The Labute approximate surface area is 205 Å². The number of likely N-dealkylation sites (tertiary alicyclic amines) is 1. The van der Waals surface area contributed by atoms with Gasteiger partial charge in [0, 0.05) is 48.6 Å². The topological polar surface area (TPSA) is 60.2 Å². The van der Waals surface area contributed by atoms with E-state index < -0.39 is 6.36 Å². The van der Waals surface area contributed by atoms with Gasteiger partial charge in [-0.1, -0.05) is 18.2 Å². The van der Waals surface area contributed by atoms with Gasteiger partial charge in [-0.15, -0.1) is 13.2 Å². The second kappa shape index (κ2) is 8.65. The first-order valence-electron chi connectivity index (χ1n) is 11.9. The number of aromatic nitrogens is 3. The summed E-state index contributed by atoms with van der Waals surface area (Å²) in [6.45, 7) is 1.31. The maximum atomic E-state index is 13.3. The fourth-order valence-corrected chi connectivity index (χ4v) is 4.99. The molecule has 9 heteroatoms. The summed E-state index contributed by atoms with van der Waals surface area (Å²) in [6, 6.07) is 15.5. The molecule has 184 valence electrons. The van der Waals surface area contributed by atoms with Crippen molar-refractivity contribution in [1.29, 1.82) is 0 Å². The number of imidazole rings is 1. The van der Waals surface area contributed by atoms with Gasteiger partial charge in [-0.3, -0.25) is 9.78 Å². The minimum Gasteiger partial charge on any atom is -0.406 e. The lowest BCUT2D eigenvalue weighted by Crippen LogP contribution is -2.28. The third kappa shape index (κ3) is 4.41. The average molecular weight is 493 g/mol. The molecule has 0 N–H and O–H groups in total. The predicted molar refractivity (Wildman–Crippen MR) is 128 cm³/mol. The van der Waals surface area contributed by atoms with Crippen molar-refractivity contribution in [1.82, 2.24) is 19.4 Å². The zero-order valence-electron chi connectivity index (χ0n) is 19.3. The third-order valence-corrected chi connectivity index (χ3v) is 6.81. The van der Waals surface area contributed by atoms with Crippen LogP contribution in [0.5, 0.6) is 5.75 Å². The van der Waals surface area contributed by atoms with Crippen LogP contribution < -0.4 is 4.74 Å². The summed E-state index contributed by atoms with van der Waals surface area (Å²) in [6.07, 6.45) is 1.66. The molecule has 0 bridgehead atoms. The number of carbonyl (C=O) groups is 1. The van der Waals surface area contributed by atoms with E-state index in [1.54, 1.807) is 18.3 Å². The standard InChI is InChI=1S/C27H23F3N4O2/c28-27(29,30)36-22-5-1-3-17(13-22)25-32-23-14-18(6-9-24(23)34(25)21-7-8-21)26(35)33-12-10-20(16-33)19-4-2-11-31-15-19/h1-6,9,11,13-15,20-21H,7-8,10,12,16H2. The number of carbonyl (C=O) groups excluding carboxylic acids is 1. The van der Waals surface area contributed by atoms with Gasteiger partial charge in [0.25, 0.3) is 5.91 Å². The highest BCUT2D eigenvalue weighted by Gasteiger charge is 2.33.